The fourth-order valence-electron chi connectivity index (χ4n) is 4.76. The molecule has 3 heteroatoms. The fraction of sp³-hybridized carbons (Fsp3) is 1.00. The summed E-state index contributed by atoms with van der Waals surface area (Å²) < 4.78 is 6.04. The summed E-state index contributed by atoms with van der Waals surface area (Å²) >= 11 is 0. The maximum absolute atomic E-state index is 10.9. The van der Waals surface area contributed by atoms with Gasteiger partial charge in [0.05, 0.1) is 18.3 Å². The monoisotopic (exact) mass is 240 g/mol. The average Bonchev–Trinajstić information content (AvgIpc) is 2.64. The Balaban J connectivity index is 2.09. The van der Waals surface area contributed by atoms with Gasteiger partial charge in [0, 0.05) is 12.3 Å². The first kappa shape index (κ1) is 11.9. The Morgan fingerprint density at radius 3 is 2.65 bits per heavy atom. The molecule has 1 aliphatic heterocycles. The number of ether oxygens (including phenoxy) is 1. The van der Waals surface area contributed by atoms with E-state index in [2.05, 4.69) is 20.8 Å². The van der Waals surface area contributed by atoms with Crippen molar-refractivity contribution in [3.8, 4) is 0 Å². The number of rotatable bonds is 0. The SMILES string of the molecule is C[C@@H]1CC[C@]2(O)CCO[C@@]23CC(C)(C)[C@@H](O)[C@@H]13. The molecule has 0 aromatic carbocycles. The second-order valence-electron chi connectivity index (χ2n) is 7.17. The third-order valence-electron chi connectivity index (χ3n) is 5.69. The highest BCUT2D eigenvalue weighted by Gasteiger charge is 2.71. The molecule has 3 fully saturated rings. The van der Waals surface area contributed by atoms with Crippen LogP contribution in [0.25, 0.3) is 0 Å². The Morgan fingerprint density at radius 2 is 1.94 bits per heavy atom. The fourth-order valence-corrected chi connectivity index (χ4v) is 4.76. The molecule has 17 heavy (non-hydrogen) atoms. The Hall–Kier alpha value is -0.120. The minimum Gasteiger partial charge on any atom is -0.392 e. The Labute approximate surface area is 103 Å². The molecule has 1 heterocycles. The van der Waals surface area contributed by atoms with E-state index in [0.29, 0.717) is 12.5 Å². The van der Waals surface area contributed by atoms with Crippen molar-refractivity contribution in [1.29, 1.82) is 0 Å². The lowest BCUT2D eigenvalue weighted by molar-refractivity contribution is -0.187. The summed E-state index contributed by atoms with van der Waals surface area (Å²) in [7, 11) is 0. The van der Waals surface area contributed by atoms with E-state index < -0.39 is 11.2 Å². The molecular formula is C14H24O3. The van der Waals surface area contributed by atoms with Crippen molar-refractivity contribution >= 4 is 0 Å². The van der Waals surface area contributed by atoms with Gasteiger partial charge in [0.25, 0.3) is 0 Å². The molecule has 1 spiro atoms. The van der Waals surface area contributed by atoms with Crippen LogP contribution in [0.5, 0.6) is 0 Å². The van der Waals surface area contributed by atoms with Crippen LogP contribution in [-0.4, -0.2) is 34.1 Å². The lowest BCUT2D eigenvalue weighted by atomic mass is 9.62. The summed E-state index contributed by atoms with van der Waals surface area (Å²) in [4.78, 5) is 0. The van der Waals surface area contributed by atoms with Crippen molar-refractivity contribution in [2.24, 2.45) is 17.3 Å². The van der Waals surface area contributed by atoms with E-state index >= 15 is 0 Å². The van der Waals surface area contributed by atoms with Crippen molar-refractivity contribution in [2.45, 2.75) is 63.8 Å². The summed E-state index contributed by atoms with van der Waals surface area (Å²) in [5.41, 5.74) is -1.33. The molecule has 2 saturated carbocycles. The summed E-state index contributed by atoms with van der Waals surface area (Å²) in [6, 6.07) is 0. The van der Waals surface area contributed by atoms with Gasteiger partial charge in [-0.15, -0.1) is 0 Å². The quantitative estimate of drug-likeness (QED) is 0.678. The Kier molecular flexibility index (Phi) is 2.28. The van der Waals surface area contributed by atoms with Gasteiger partial charge in [0.1, 0.15) is 5.60 Å². The highest BCUT2D eigenvalue weighted by Crippen LogP contribution is 2.63. The first-order valence-corrected chi connectivity index (χ1v) is 6.87. The van der Waals surface area contributed by atoms with Gasteiger partial charge in [-0.3, -0.25) is 0 Å². The number of hydrogen-bond donors (Lipinski definition) is 2. The standard InChI is InChI=1S/C14H24O3/c1-9-4-5-13(16)6-7-17-14(13)8-12(2,3)11(15)10(9)14/h9-11,15-16H,4-8H2,1-3H3/t9-,10-,11+,13+,14-/m1/s1. The molecule has 3 nitrogen and oxygen atoms in total. The zero-order valence-electron chi connectivity index (χ0n) is 11.1. The first-order valence-electron chi connectivity index (χ1n) is 6.87. The molecule has 0 radical (unpaired) electrons. The zero-order valence-corrected chi connectivity index (χ0v) is 11.1. The van der Waals surface area contributed by atoms with Crippen LogP contribution in [0, 0.1) is 17.3 Å². The minimum absolute atomic E-state index is 0.0961. The maximum Gasteiger partial charge on any atom is 0.103 e. The maximum atomic E-state index is 10.9. The lowest BCUT2D eigenvalue weighted by Crippen LogP contribution is -2.59. The molecule has 0 aromatic heterocycles. The van der Waals surface area contributed by atoms with Crippen molar-refractivity contribution in [2.75, 3.05) is 6.61 Å². The molecule has 0 amide bonds. The van der Waals surface area contributed by atoms with Gasteiger partial charge in [-0.2, -0.15) is 0 Å². The van der Waals surface area contributed by atoms with Gasteiger partial charge in [-0.25, -0.2) is 0 Å². The molecule has 5 atom stereocenters. The topological polar surface area (TPSA) is 49.7 Å². The van der Waals surface area contributed by atoms with Gasteiger partial charge in [-0.05, 0) is 30.6 Å². The van der Waals surface area contributed by atoms with Crippen molar-refractivity contribution in [3.05, 3.63) is 0 Å². The highest BCUT2D eigenvalue weighted by molar-refractivity contribution is 5.21. The van der Waals surface area contributed by atoms with Crippen LogP contribution < -0.4 is 0 Å². The number of hydrogen-bond acceptors (Lipinski definition) is 3. The molecule has 2 aliphatic carbocycles. The largest absolute Gasteiger partial charge is 0.392 e. The minimum atomic E-state index is -0.696. The smallest absolute Gasteiger partial charge is 0.103 e. The van der Waals surface area contributed by atoms with Crippen LogP contribution in [0.3, 0.4) is 0 Å². The molecule has 3 aliphatic rings. The predicted molar refractivity (Wildman–Crippen MR) is 64.5 cm³/mol. The van der Waals surface area contributed by atoms with Gasteiger partial charge < -0.3 is 14.9 Å². The van der Waals surface area contributed by atoms with E-state index in [-0.39, 0.29) is 17.4 Å². The predicted octanol–water partition coefficient (Wildman–Crippen LogP) is 1.71. The second kappa shape index (κ2) is 3.25. The molecule has 0 aromatic rings. The Bertz CT molecular complexity index is 340. The van der Waals surface area contributed by atoms with Crippen molar-refractivity contribution in [3.63, 3.8) is 0 Å². The molecule has 98 valence electrons. The van der Waals surface area contributed by atoms with Crippen LogP contribution >= 0.6 is 0 Å². The van der Waals surface area contributed by atoms with Crippen LogP contribution in [0.15, 0.2) is 0 Å². The van der Waals surface area contributed by atoms with E-state index in [0.717, 1.165) is 25.7 Å². The lowest BCUT2D eigenvalue weighted by Gasteiger charge is -2.49. The third kappa shape index (κ3) is 1.28. The summed E-state index contributed by atoms with van der Waals surface area (Å²) in [5.74, 6) is 0.531. The molecular weight excluding hydrogens is 216 g/mol. The molecule has 2 N–H and O–H groups in total. The average molecular weight is 240 g/mol. The third-order valence-corrected chi connectivity index (χ3v) is 5.69. The second-order valence-corrected chi connectivity index (χ2v) is 7.17. The van der Waals surface area contributed by atoms with E-state index in [9.17, 15) is 10.2 Å². The van der Waals surface area contributed by atoms with E-state index in [1.807, 2.05) is 0 Å². The molecule has 3 rings (SSSR count). The first-order chi connectivity index (χ1) is 7.82. The van der Waals surface area contributed by atoms with Crippen LogP contribution in [0.2, 0.25) is 0 Å². The van der Waals surface area contributed by atoms with Gasteiger partial charge in [0.15, 0.2) is 0 Å². The number of aliphatic hydroxyl groups excluding tert-OH is 1. The molecule has 0 unspecified atom stereocenters. The van der Waals surface area contributed by atoms with Gasteiger partial charge in [0.2, 0.25) is 0 Å². The number of aliphatic hydroxyl groups is 2. The van der Waals surface area contributed by atoms with Gasteiger partial charge in [-0.1, -0.05) is 20.8 Å². The van der Waals surface area contributed by atoms with Crippen molar-refractivity contribution in [1.82, 2.24) is 0 Å². The normalized spacial score (nSPS) is 56.6. The van der Waals surface area contributed by atoms with Crippen molar-refractivity contribution < 1.29 is 14.9 Å². The van der Waals surface area contributed by atoms with E-state index in [1.165, 1.54) is 0 Å². The van der Waals surface area contributed by atoms with Crippen LogP contribution in [0.4, 0.5) is 0 Å². The summed E-state index contributed by atoms with van der Waals surface area (Å²) in [6.45, 7) is 7.03. The zero-order chi connectivity index (χ0) is 12.5. The summed E-state index contributed by atoms with van der Waals surface area (Å²) in [5, 5.41) is 21.5. The van der Waals surface area contributed by atoms with Crippen LogP contribution in [-0.2, 0) is 4.74 Å². The van der Waals surface area contributed by atoms with E-state index in [1.54, 1.807) is 0 Å². The summed E-state index contributed by atoms with van der Waals surface area (Å²) in [6.07, 6.45) is 2.99. The van der Waals surface area contributed by atoms with Gasteiger partial charge >= 0.3 is 0 Å². The van der Waals surface area contributed by atoms with Crippen LogP contribution in [0.1, 0.15) is 46.5 Å². The molecule has 0 bridgehead atoms. The molecule has 1 saturated heterocycles. The van der Waals surface area contributed by atoms with E-state index in [4.69, 9.17) is 4.74 Å². The highest BCUT2D eigenvalue weighted by atomic mass is 16.5. The Morgan fingerprint density at radius 1 is 1.24 bits per heavy atom.